The van der Waals surface area contributed by atoms with Crippen molar-refractivity contribution in [2.24, 2.45) is 0 Å². The fourth-order valence-corrected chi connectivity index (χ4v) is 2.32. The van der Waals surface area contributed by atoms with Crippen molar-refractivity contribution in [2.75, 3.05) is 5.32 Å². The van der Waals surface area contributed by atoms with E-state index in [0.29, 0.717) is 5.69 Å². The van der Waals surface area contributed by atoms with Gasteiger partial charge in [0.25, 0.3) is 0 Å². The molecule has 1 rings (SSSR count). The number of benzene rings is 1. The molecule has 3 N–H and O–H groups in total. The SMILES string of the molecule is C=C(CC(=O)Nc1cc(C(C)(C)C)c(O)c(C(C)(C)C)c1)C(=O)O. The van der Waals surface area contributed by atoms with Gasteiger partial charge < -0.3 is 15.5 Å². The van der Waals surface area contributed by atoms with Crippen molar-refractivity contribution >= 4 is 17.6 Å². The minimum Gasteiger partial charge on any atom is -0.507 e. The van der Waals surface area contributed by atoms with Gasteiger partial charge >= 0.3 is 5.97 Å². The highest BCUT2D eigenvalue weighted by Gasteiger charge is 2.27. The number of aliphatic carboxylic acids is 1. The summed E-state index contributed by atoms with van der Waals surface area (Å²) in [7, 11) is 0. The molecule has 0 radical (unpaired) electrons. The summed E-state index contributed by atoms with van der Waals surface area (Å²) >= 11 is 0. The Morgan fingerprint density at radius 2 is 1.46 bits per heavy atom. The molecule has 0 heterocycles. The van der Waals surface area contributed by atoms with Gasteiger partial charge in [0.05, 0.1) is 6.42 Å². The van der Waals surface area contributed by atoms with Gasteiger partial charge in [0.1, 0.15) is 5.75 Å². The Labute approximate surface area is 143 Å². The summed E-state index contributed by atoms with van der Waals surface area (Å²) in [6.07, 6.45) is -0.286. The second-order valence-corrected chi connectivity index (χ2v) is 8.05. The van der Waals surface area contributed by atoms with Gasteiger partial charge in [-0.1, -0.05) is 48.1 Å². The first-order valence-corrected chi connectivity index (χ1v) is 7.82. The van der Waals surface area contributed by atoms with Crippen LogP contribution < -0.4 is 5.32 Å². The van der Waals surface area contributed by atoms with Gasteiger partial charge in [-0.3, -0.25) is 4.79 Å². The second-order valence-electron chi connectivity index (χ2n) is 8.05. The maximum absolute atomic E-state index is 12.0. The molecular formula is C19H27NO4. The molecule has 0 saturated carbocycles. The van der Waals surface area contributed by atoms with E-state index < -0.39 is 11.9 Å². The number of nitrogens with one attached hydrogen (secondary N) is 1. The molecular weight excluding hydrogens is 306 g/mol. The number of hydrogen-bond donors (Lipinski definition) is 3. The first-order chi connectivity index (χ1) is 10.7. The number of anilines is 1. The standard InChI is InChI=1S/C19H27NO4/c1-11(17(23)24)8-15(21)20-12-9-13(18(2,3)4)16(22)14(10-12)19(5,6)7/h9-10,22H,1,8H2,2-7H3,(H,20,21)(H,23,24). The highest BCUT2D eigenvalue weighted by atomic mass is 16.4. The van der Waals surface area contributed by atoms with E-state index >= 15 is 0 Å². The highest BCUT2D eigenvalue weighted by Crippen LogP contribution is 2.41. The minimum absolute atomic E-state index is 0.168. The normalized spacial score (nSPS) is 11.9. The van der Waals surface area contributed by atoms with Gasteiger partial charge in [-0.15, -0.1) is 0 Å². The fraction of sp³-hybridized carbons (Fsp3) is 0.474. The third-order valence-electron chi connectivity index (χ3n) is 3.69. The van der Waals surface area contributed by atoms with Crippen LogP contribution >= 0.6 is 0 Å². The average Bonchev–Trinajstić information content (AvgIpc) is 2.37. The van der Waals surface area contributed by atoms with Gasteiger partial charge in [-0.2, -0.15) is 0 Å². The van der Waals surface area contributed by atoms with E-state index in [1.54, 1.807) is 12.1 Å². The molecule has 132 valence electrons. The topological polar surface area (TPSA) is 86.6 Å². The van der Waals surface area contributed by atoms with Gasteiger partial charge in [-0.25, -0.2) is 4.79 Å². The largest absolute Gasteiger partial charge is 0.507 e. The zero-order valence-electron chi connectivity index (χ0n) is 15.3. The molecule has 5 nitrogen and oxygen atoms in total. The number of carbonyl (C=O) groups is 2. The number of phenolic OH excluding ortho intramolecular Hbond substituents is 1. The molecule has 0 bridgehead atoms. The van der Waals surface area contributed by atoms with Crippen molar-refractivity contribution in [3.63, 3.8) is 0 Å². The van der Waals surface area contributed by atoms with Gasteiger partial charge in [-0.05, 0) is 23.0 Å². The summed E-state index contributed by atoms with van der Waals surface area (Å²) in [6.45, 7) is 15.2. The maximum atomic E-state index is 12.0. The third-order valence-corrected chi connectivity index (χ3v) is 3.69. The lowest BCUT2D eigenvalue weighted by Crippen LogP contribution is -2.20. The molecule has 1 aromatic rings. The van der Waals surface area contributed by atoms with Crippen LogP contribution in [0.2, 0.25) is 0 Å². The van der Waals surface area contributed by atoms with Crippen molar-refractivity contribution in [1.29, 1.82) is 0 Å². The Kier molecular flexibility index (Phi) is 5.49. The molecule has 0 spiro atoms. The Bertz CT molecular complexity index is 641. The zero-order valence-corrected chi connectivity index (χ0v) is 15.3. The smallest absolute Gasteiger partial charge is 0.331 e. The summed E-state index contributed by atoms with van der Waals surface area (Å²) in [5, 5.41) is 22.2. The van der Waals surface area contributed by atoms with Crippen molar-refractivity contribution in [3.05, 3.63) is 35.4 Å². The first kappa shape index (κ1) is 19.7. The zero-order chi connectivity index (χ0) is 18.9. The lowest BCUT2D eigenvalue weighted by Gasteiger charge is -2.28. The lowest BCUT2D eigenvalue weighted by atomic mass is 9.79. The van der Waals surface area contributed by atoms with Crippen molar-refractivity contribution in [2.45, 2.75) is 58.8 Å². The number of aromatic hydroxyl groups is 1. The number of amides is 1. The Morgan fingerprint density at radius 3 is 1.79 bits per heavy atom. The molecule has 1 aromatic carbocycles. The first-order valence-electron chi connectivity index (χ1n) is 7.82. The van der Waals surface area contributed by atoms with Crippen LogP contribution in [0, 0.1) is 0 Å². The predicted molar refractivity (Wildman–Crippen MR) is 95.5 cm³/mol. The molecule has 24 heavy (non-hydrogen) atoms. The van der Waals surface area contributed by atoms with E-state index in [0.717, 1.165) is 11.1 Å². The molecule has 0 atom stereocenters. The van der Waals surface area contributed by atoms with E-state index in [1.165, 1.54) is 0 Å². The molecule has 0 aliphatic heterocycles. The van der Waals surface area contributed by atoms with Crippen molar-refractivity contribution in [1.82, 2.24) is 0 Å². The summed E-state index contributed by atoms with van der Waals surface area (Å²) in [5.41, 5.74) is 1.19. The Morgan fingerprint density at radius 1 is 1.04 bits per heavy atom. The molecule has 1 amide bonds. The number of carboxylic acid groups (broad SMARTS) is 1. The van der Waals surface area contributed by atoms with Gasteiger partial charge in [0, 0.05) is 22.4 Å². The maximum Gasteiger partial charge on any atom is 0.331 e. The van der Waals surface area contributed by atoms with Crippen LogP contribution in [0.25, 0.3) is 0 Å². The molecule has 0 aliphatic rings. The fourth-order valence-electron chi connectivity index (χ4n) is 2.32. The lowest BCUT2D eigenvalue weighted by molar-refractivity contribution is -0.133. The van der Waals surface area contributed by atoms with Crippen LogP contribution in [0.4, 0.5) is 5.69 Å². The average molecular weight is 333 g/mol. The van der Waals surface area contributed by atoms with Gasteiger partial charge in [0.2, 0.25) is 5.91 Å². The Hall–Kier alpha value is -2.30. The van der Waals surface area contributed by atoms with E-state index in [2.05, 4.69) is 11.9 Å². The number of carbonyl (C=O) groups excluding carboxylic acids is 1. The third kappa shape index (κ3) is 4.85. The van der Waals surface area contributed by atoms with Crippen LogP contribution in [0.15, 0.2) is 24.3 Å². The highest BCUT2D eigenvalue weighted by molar-refractivity contribution is 5.99. The Balaban J connectivity index is 3.27. The summed E-state index contributed by atoms with van der Waals surface area (Å²) in [5.74, 6) is -1.42. The molecule has 5 heteroatoms. The summed E-state index contributed by atoms with van der Waals surface area (Å²) in [6, 6.07) is 3.46. The van der Waals surface area contributed by atoms with Crippen molar-refractivity contribution in [3.8, 4) is 5.75 Å². The molecule has 0 unspecified atom stereocenters. The predicted octanol–water partition coefficient (Wildman–Crippen LogP) is 3.96. The number of hydrogen-bond acceptors (Lipinski definition) is 3. The summed E-state index contributed by atoms with van der Waals surface area (Å²) < 4.78 is 0. The van der Waals surface area contributed by atoms with Crippen LogP contribution in [0.3, 0.4) is 0 Å². The number of phenols is 1. The van der Waals surface area contributed by atoms with Gasteiger partial charge in [0.15, 0.2) is 0 Å². The number of rotatable bonds is 4. The van der Waals surface area contributed by atoms with Crippen LogP contribution in [-0.2, 0) is 20.4 Å². The molecule has 0 saturated heterocycles. The number of carboxylic acids is 1. The van der Waals surface area contributed by atoms with E-state index in [9.17, 15) is 14.7 Å². The van der Waals surface area contributed by atoms with E-state index in [1.807, 2.05) is 41.5 Å². The minimum atomic E-state index is -1.19. The van der Waals surface area contributed by atoms with Crippen LogP contribution in [0.5, 0.6) is 5.75 Å². The van der Waals surface area contributed by atoms with E-state index in [4.69, 9.17) is 5.11 Å². The van der Waals surface area contributed by atoms with Crippen LogP contribution in [-0.4, -0.2) is 22.1 Å². The van der Waals surface area contributed by atoms with Crippen LogP contribution in [0.1, 0.15) is 59.1 Å². The molecule has 0 aliphatic carbocycles. The quantitative estimate of drug-likeness (QED) is 0.575. The molecule has 0 fully saturated rings. The molecule has 0 aromatic heterocycles. The summed E-state index contributed by atoms with van der Waals surface area (Å²) in [4.78, 5) is 22.8. The second kappa shape index (κ2) is 6.67. The monoisotopic (exact) mass is 333 g/mol. The van der Waals surface area contributed by atoms with Crippen molar-refractivity contribution < 1.29 is 19.8 Å². The van der Waals surface area contributed by atoms with E-state index in [-0.39, 0.29) is 28.6 Å².